The molecule has 6 heteroatoms. The average molecular weight is 440 g/mol. The summed E-state index contributed by atoms with van der Waals surface area (Å²) in [6, 6.07) is 24.4. The van der Waals surface area contributed by atoms with E-state index in [0.717, 1.165) is 49.5 Å². The number of piperidine rings is 1. The molecule has 0 saturated carbocycles. The number of benzene rings is 2. The van der Waals surface area contributed by atoms with Crippen molar-refractivity contribution < 1.29 is 4.79 Å². The van der Waals surface area contributed by atoms with E-state index in [1.165, 1.54) is 5.56 Å². The molecule has 0 radical (unpaired) electrons. The number of rotatable bonds is 7. The molecule has 0 atom stereocenters. The summed E-state index contributed by atoms with van der Waals surface area (Å²) in [5.74, 6) is 1.32. The van der Waals surface area contributed by atoms with Crippen LogP contribution in [0.3, 0.4) is 0 Å². The first kappa shape index (κ1) is 21.2. The van der Waals surface area contributed by atoms with Crippen molar-refractivity contribution in [2.45, 2.75) is 25.9 Å². The minimum atomic E-state index is 0.0842. The van der Waals surface area contributed by atoms with Crippen LogP contribution in [-0.2, 0) is 17.9 Å². The van der Waals surface area contributed by atoms with Crippen LogP contribution in [0.1, 0.15) is 24.0 Å². The Morgan fingerprint density at radius 1 is 0.909 bits per heavy atom. The number of carbonyl (C=O) groups excluding carboxylic acids is 1. The molecule has 1 aliphatic heterocycles. The molecule has 1 fully saturated rings. The Morgan fingerprint density at radius 2 is 1.58 bits per heavy atom. The number of hydrogen-bond acceptors (Lipinski definition) is 3. The minimum Gasteiger partial charge on any atom is -0.352 e. The van der Waals surface area contributed by atoms with E-state index in [2.05, 4.69) is 39.3 Å². The van der Waals surface area contributed by atoms with Crippen molar-refractivity contribution in [1.29, 1.82) is 0 Å². The summed E-state index contributed by atoms with van der Waals surface area (Å²) in [4.78, 5) is 15.1. The third kappa shape index (κ3) is 4.91. The van der Waals surface area contributed by atoms with Crippen molar-refractivity contribution in [3.05, 3.63) is 103 Å². The number of hydrogen-bond donors (Lipinski definition) is 1. The summed E-state index contributed by atoms with van der Waals surface area (Å²) in [6.45, 7) is 3.23. The zero-order valence-electron chi connectivity index (χ0n) is 18.7. The minimum absolute atomic E-state index is 0.0842. The molecule has 1 N–H and O–H groups in total. The van der Waals surface area contributed by atoms with E-state index in [1.807, 2.05) is 71.5 Å². The van der Waals surface area contributed by atoms with Gasteiger partial charge in [0.2, 0.25) is 5.91 Å². The second-order valence-electron chi connectivity index (χ2n) is 8.58. The topological polar surface area (TPSA) is 55.1 Å². The molecule has 3 heterocycles. The van der Waals surface area contributed by atoms with Crippen LogP contribution in [0, 0.1) is 5.92 Å². The van der Waals surface area contributed by atoms with E-state index in [9.17, 15) is 4.79 Å². The van der Waals surface area contributed by atoms with Crippen molar-refractivity contribution in [1.82, 2.24) is 24.6 Å². The molecule has 2 aromatic heterocycles. The lowest BCUT2D eigenvalue weighted by molar-refractivity contribution is -0.126. The fourth-order valence-electron chi connectivity index (χ4n) is 4.52. The maximum atomic E-state index is 12.7. The van der Waals surface area contributed by atoms with Gasteiger partial charge in [-0.25, -0.2) is 4.68 Å². The predicted octanol–water partition coefficient (Wildman–Crippen LogP) is 4.19. The van der Waals surface area contributed by atoms with E-state index in [0.29, 0.717) is 6.54 Å². The summed E-state index contributed by atoms with van der Waals surface area (Å²) in [5, 5.41) is 7.82. The van der Waals surface area contributed by atoms with Crippen molar-refractivity contribution in [2.24, 2.45) is 5.92 Å². The highest BCUT2D eigenvalue weighted by molar-refractivity contribution is 5.78. The highest BCUT2D eigenvalue weighted by Crippen LogP contribution is 2.24. The Balaban J connectivity index is 1.23. The second-order valence-corrected chi connectivity index (χ2v) is 8.58. The Hall–Kier alpha value is -3.64. The molecule has 0 unspecified atom stereocenters. The average Bonchev–Trinajstić information content (AvgIpc) is 3.54. The molecule has 5 rings (SSSR count). The molecule has 1 saturated heterocycles. The van der Waals surface area contributed by atoms with Gasteiger partial charge in [0.15, 0.2) is 0 Å². The van der Waals surface area contributed by atoms with Crippen LogP contribution in [0.4, 0.5) is 0 Å². The number of nitrogens with one attached hydrogen (secondary N) is 1. The van der Waals surface area contributed by atoms with Gasteiger partial charge in [0.1, 0.15) is 5.82 Å². The number of aromatic nitrogens is 3. The quantitative estimate of drug-likeness (QED) is 0.470. The van der Waals surface area contributed by atoms with E-state index < -0.39 is 0 Å². The van der Waals surface area contributed by atoms with E-state index in [1.54, 1.807) is 0 Å². The third-order valence-electron chi connectivity index (χ3n) is 6.33. The maximum absolute atomic E-state index is 12.7. The SMILES string of the molecule is O=C(NCc1ccccc1)C1CCN(Cc2cnn(-c3ccccc3)c2-n2cccc2)CC1. The van der Waals surface area contributed by atoms with Crippen molar-refractivity contribution in [2.75, 3.05) is 13.1 Å². The van der Waals surface area contributed by atoms with Crippen LogP contribution < -0.4 is 5.32 Å². The molecule has 4 aromatic rings. The van der Waals surface area contributed by atoms with Crippen LogP contribution in [0.15, 0.2) is 91.4 Å². The predicted molar refractivity (Wildman–Crippen MR) is 129 cm³/mol. The summed E-state index contributed by atoms with van der Waals surface area (Å²) < 4.78 is 4.12. The number of likely N-dealkylation sites (tertiary alicyclic amines) is 1. The number of nitrogens with zero attached hydrogens (tertiary/aromatic N) is 4. The largest absolute Gasteiger partial charge is 0.352 e. The van der Waals surface area contributed by atoms with E-state index >= 15 is 0 Å². The molecule has 33 heavy (non-hydrogen) atoms. The zero-order chi connectivity index (χ0) is 22.5. The van der Waals surface area contributed by atoms with Gasteiger partial charge in [0, 0.05) is 37.0 Å². The number of amides is 1. The van der Waals surface area contributed by atoms with Crippen LogP contribution >= 0.6 is 0 Å². The van der Waals surface area contributed by atoms with Gasteiger partial charge in [-0.2, -0.15) is 5.10 Å². The molecular weight excluding hydrogens is 410 g/mol. The lowest BCUT2D eigenvalue weighted by Gasteiger charge is -2.31. The Kier molecular flexibility index (Phi) is 6.35. The van der Waals surface area contributed by atoms with Gasteiger partial charge in [-0.15, -0.1) is 0 Å². The van der Waals surface area contributed by atoms with Gasteiger partial charge in [0.25, 0.3) is 0 Å². The van der Waals surface area contributed by atoms with Gasteiger partial charge >= 0.3 is 0 Å². The zero-order valence-corrected chi connectivity index (χ0v) is 18.7. The Labute approximate surface area is 194 Å². The van der Waals surface area contributed by atoms with Gasteiger partial charge in [-0.1, -0.05) is 48.5 Å². The van der Waals surface area contributed by atoms with E-state index in [-0.39, 0.29) is 11.8 Å². The molecule has 168 valence electrons. The Bertz CT molecular complexity index is 1160. The van der Waals surface area contributed by atoms with Crippen molar-refractivity contribution in [3.63, 3.8) is 0 Å². The van der Waals surface area contributed by atoms with Gasteiger partial charge in [-0.05, 0) is 55.8 Å². The van der Waals surface area contributed by atoms with E-state index in [4.69, 9.17) is 5.10 Å². The van der Waals surface area contributed by atoms with Gasteiger partial charge in [-0.3, -0.25) is 9.69 Å². The molecule has 0 spiro atoms. The molecule has 6 nitrogen and oxygen atoms in total. The lowest BCUT2D eigenvalue weighted by Crippen LogP contribution is -2.40. The van der Waals surface area contributed by atoms with Crippen LogP contribution in [0.5, 0.6) is 0 Å². The number of para-hydroxylation sites is 1. The molecule has 1 aliphatic rings. The Morgan fingerprint density at radius 3 is 2.27 bits per heavy atom. The summed E-state index contributed by atoms with van der Waals surface area (Å²) in [5.41, 5.74) is 3.36. The van der Waals surface area contributed by atoms with Crippen molar-refractivity contribution in [3.8, 4) is 11.5 Å². The number of carbonyl (C=O) groups is 1. The summed E-state index contributed by atoms with van der Waals surface area (Å²) in [7, 11) is 0. The van der Waals surface area contributed by atoms with Crippen LogP contribution in [0.25, 0.3) is 11.5 Å². The smallest absolute Gasteiger partial charge is 0.223 e. The first-order valence-electron chi connectivity index (χ1n) is 11.6. The fourth-order valence-corrected chi connectivity index (χ4v) is 4.52. The van der Waals surface area contributed by atoms with Crippen LogP contribution in [-0.4, -0.2) is 38.2 Å². The van der Waals surface area contributed by atoms with Crippen molar-refractivity contribution >= 4 is 5.91 Å². The summed E-state index contributed by atoms with van der Waals surface area (Å²) >= 11 is 0. The first-order chi connectivity index (χ1) is 16.3. The highest BCUT2D eigenvalue weighted by atomic mass is 16.1. The maximum Gasteiger partial charge on any atom is 0.223 e. The molecule has 0 aliphatic carbocycles. The first-order valence-corrected chi connectivity index (χ1v) is 11.6. The molecule has 1 amide bonds. The normalized spacial score (nSPS) is 14.9. The second kappa shape index (κ2) is 9.88. The van der Waals surface area contributed by atoms with Gasteiger partial charge in [0.05, 0.1) is 11.9 Å². The standard InChI is InChI=1S/C27H29N5O/c33-26(28-19-22-9-3-1-4-10-22)23-13-17-30(18-14-23)21-24-20-29-32(25-11-5-2-6-12-25)27(24)31-15-7-8-16-31/h1-12,15-16,20,23H,13-14,17-19,21H2,(H,28,33). The molecule has 2 aromatic carbocycles. The van der Waals surface area contributed by atoms with Crippen LogP contribution in [0.2, 0.25) is 0 Å². The fraction of sp³-hybridized carbons (Fsp3) is 0.259. The highest BCUT2D eigenvalue weighted by Gasteiger charge is 2.26. The monoisotopic (exact) mass is 439 g/mol. The molecule has 0 bridgehead atoms. The lowest BCUT2D eigenvalue weighted by atomic mass is 9.95. The third-order valence-corrected chi connectivity index (χ3v) is 6.33. The van der Waals surface area contributed by atoms with Gasteiger partial charge < -0.3 is 9.88 Å². The summed E-state index contributed by atoms with van der Waals surface area (Å²) in [6.07, 6.45) is 7.85. The molecular formula is C27H29N5O.